The van der Waals surface area contributed by atoms with E-state index in [1.165, 1.54) is 28.4 Å². The minimum Gasteiger partial charge on any atom is -0.495 e. The van der Waals surface area contributed by atoms with Gasteiger partial charge in [0.2, 0.25) is 5.75 Å². The zero-order valence-corrected chi connectivity index (χ0v) is 14.0. The van der Waals surface area contributed by atoms with Gasteiger partial charge >= 0.3 is 0 Å². The first-order valence-electron chi connectivity index (χ1n) is 7.09. The van der Waals surface area contributed by atoms with Crippen LogP contribution in [0.25, 0.3) is 0 Å². The van der Waals surface area contributed by atoms with E-state index in [9.17, 15) is 4.79 Å². The molecule has 0 saturated heterocycles. The van der Waals surface area contributed by atoms with E-state index in [1.54, 1.807) is 30.3 Å². The molecule has 0 aromatic heterocycles. The number of benzene rings is 2. The lowest BCUT2D eigenvalue weighted by Gasteiger charge is -2.14. The van der Waals surface area contributed by atoms with Crippen LogP contribution in [0.15, 0.2) is 30.3 Å². The van der Waals surface area contributed by atoms with Crippen LogP contribution in [0, 0.1) is 0 Å². The van der Waals surface area contributed by atoms with Gasteiger partial charge in [-0.2, -0.15) is 0 Å². The standard InChI is InChI=1S/C17H20N2O5/c1-21-13-6-5-11(9-12(13)18)19-17(20)10-7-14(22-2)16(24-4)15(8-10)23-3/h5-9H,18H2,1-4H3,(H,19,20). The number of nitrogens with one attached hydrogen (secondary N) is 1. The first-order chi connectivity index (χ1) is 11.5. The quantitative estimate of drug-likeness (QED) is 0.790. The van der Waals surface area contributed by atoms with Crippen molar-refractivity contribution < 1.29 is 23.7 Å². The van der Waals surface area contributed by atoms with E-state index in [0.717, 1.165) is 0 Å². The van der Waals surface area contributed by atoms with Gasteiger partial charge in [0.05, 0.1) is 34.1 Å². The first-order valence-corrected chi connectivity index (χ1v) is 7.09. The second-order valence-electron chi connectivity index (χ2n) is 4.82. The average Bonchev–Trinajstić information content (AvgIpc) is 2.60. The van der Waals surface area contributed by atoms with Gasteiger partial charge in [0.25, 0.3) is 5.91 Å². The molecule has 0 aliphatic heterocycles. The number of amides is 1. The number of ether oxygens (including phenoxy) is 4. The summed E-state index contributed by atoms with van der Waals surface area (Å²) in [6.45, 7) is 0. The summed E-state index contributed by atoms with van der Waals surface area (Å²) >= 11 is 0. The highest BCUT2D eigenvalue weighted by Gasteiger charge is 2.17. The number of hydrogen-bond donors (Lipinski definition) is 2. The normalized spacial score (nSPS) is 10.0. The van der Waals surface area contributed by atoms with Crippen molar-refractivity contribution in [2.24, 2.45) is 0 Å². The lowest BCUT2D eigenvalue weighted by molar-refractivity contribution is 0.102. The Hall–Kier alpha value is -3.09. The van der Waals surface area contributed by atoms with E-state index < -0.39 is 0 Å². The molecule has 0 bridgehead atoms. The molecule has 0 saturated carbocycles. The number of nitrogens with two attached hydrogens (primary N) is 1. The smallest absolute Gasteiger partial charge is 0.255 e. The van der Waals surface area contributed by atoms with Crippen molar-refractivity contribution in [2.45, 2.75) is 0 Å². The molecule has 3 N–H and O–H groups in total. The summed E-state index contributed by atoms with van der Waals surface area (Å²) in [6, 6.07) is 8.15. The van der Waals surface area contributed by atoms with Gasteiger partial charge in [0.15, 0.2) is 11.5 Å². The maximum atomic E-state index is 12.5. The summed E-state index contributed by atoms with van der Waals surface area (Å²) < 4.78 is 20.8. The molecule has 0 fully saturated rings. The number of anilines is 2. The molecule has 0 radical (unpaired) electrons. The Bertz CT molecular complexity index is 721. The van der Waals surface area contributed by atoms with Gasteiger partial charge in [-0.1, -0.05) is 0 Å². The summed E-state index contributed by atoms with van der Waals surface area (Å²) in [7, 11) is 6.01. The van der Waals surface area contributed by atoms with E-state index in [-0.39, 0.29) is 5.91 Å². The van der Waals surface area contributed by atoms with Gasteiger partial charge in [-0.15, -0.1) is 0 Å². The zero-order chi connectivity index (χ0) is 17.7. The third-order valence-corrected chi connectivity index (χ3v) is 3.41. The molecule has 1 amide bonds. The van der Waals surface area contributed by atoms with E-state index in [0.29, 0.717) is 39.9 Å². The SMILES string of the molecule is COc1ccc(NC(=O)c2cc(OC)c(OC)c(OC)c2)cc1N. The van der Waals surface area contributed by atoms with E-state index in [2.05, 4.69) is 5.32 Å². The molecule has 0 aliphatic carbocycles. The van der Waals surface area contributed by atoms with Crippen LogP contribution in [0.2, 0.25) is 0 Å². The van der Waals surface area contributed by atoms with Crippen molar-refractivity contribution >= 4 is 17.3 Å². The Labute approximate surface area is 140 Å². The second kappa shape index (κ2) is 7.45. The van der Waals surface area contributed by atoms with Gasteiger partial charge < -0.3 is 30.0 Å². The van der Waals surface area contributed by atoms with Crippen LogP contribution in [0.4, 0.5) is 11.4 Å². The summed E-state index contributed by atoms with van der Waals surface area (Å²) in [6.07, 6.45) is 0. The maximum absolute atomic E-state index is 12.5. The molecule has 2 rings (SSSR count). The minimum absolute atomic E-state index is 0.334. The molecule has 0 heterocycles. The number of methoxy groups -OCH3 is 4. The molecule has 0 aliphatic rings. The van der Waals surface area contributed by atoms with Crippen LogP contribution in [0.1, 0.15) is 10.4 Å². The van der Waals surface area contributed by atoms with E-state index in [1.807, 2.05) is 0 Å². The summed E-state index contributed by atoms with van der Waals surface area (Å²) in [5, 5.41) is 2.76. The Morgan fingerprint density at radius 1 is 0.875 bits per heavy atom. The Kier molecular flexibility index (Phi) is 5.36. The molecule has 2 aromatic rings. The van der Waals surface area contributed by atoms with Gasteiger partial charge in [-0.3, -0.25) is 4.79 Å². The van der Waals surface area contributed by atoms with Crippen LogP contribution >= 0.6 is 0 Å². The van der Waals surface area contributed by atoms with Crippen molar-refractivity contribution in [3.05, 3.63) is 35.9 Å². The van der Waals surface area contributed by atoms with Crippen molar-refractivity contribution in [1.29, 1.82) is 0 Å². The minimum atomic E-state index is -0.334. The maximum Gasteiger partial charge on any atom is 0.255 e. The first kappa shape index (κ1) is 17.3. The van der Waals surface area contributed by atoms with E-state index in [4.69, 9.17) is 24.7 Å². The summed E-state index contributed by atoms with van der Waals surface area (Å²) in [5.41, 5.74) is 7.18. The third kappa shape index (κ3) is 3.45. The highest BCUT2D eigenvalue weighted by atomic mass is 16.5. The van der Waals surface area contributed by atoms with Gasteiger partial charge in [-0.25, -0.2) is 0 Å². The number of nitrogen functional groups attached to an aromatic ring is 1. The lowest BCUT2D eigenvalue weighted by Crippen LogP contribution is -2.13. The van der Waals surface area contributed by atoms with Crippen molar-refractivity contribution in [3.63, 3.8) is 0 Å². The van der Waals surface area contributed by atoms with Gasteiger partial charge in [0, 0.05) is 11.3 Å². The van der Waals surface area contributed by atoms with E-state index >= 15 is 0 Å². The number of rotatable bonds is 6. The number of hydrogen-bond acceptors (Lipinski definition) is 6. The summed E-state index contributed by atoms with van der Waals surface area (Å²) in [5.74, 6) is 1.43. The average molecular weight is 332 g/mol. The molecule has 0 spiro atoms. The van der Waals surface area contributed by atoms with Crippen molar-refractivity contribution in [3.8, 4) is 23.0 Å². The fourth-order valence-corrected chi connectivity index (χ4v) is 2.23. The lowest BCUT2D eigenvalue weighted by atomic mass is 10.1. The predicted octanol–water partition coefficient (Wildman–Crippen LogP) is 2.56. The van der Waals surface area contributed by atoms with Crippen LogP contribution in [0.3, 0.4) is 0 Å². The highest BCUT2D eigenvalue weighted by molar-refractivity contribution is 6.05. The fourth-order valence-electron chi connectivity index (χ4n) is 2.23. The predicted molar refractivity (Wildman–Crippen MR) is 91.5 cm³/mol. The third-order valence-electron chi connectivity index (χ3n) is 3.41. The Balaban J connectivity index is 2.31. The van der Waals surface area contributed by atoms with Crippen molar-refractivity contribution in [1.82, 2.24) is 0 Å². The largest absolute Gasteiger partial charge is 0.495 e. The molecule has 2 aromatic carbocycles. The summed E-state index contributed by atoms with van der Waals surface area (Å²) in [4.78, 5) is 12.5. The molecule has 0 atom stereocenters. The molecule has 7 nitrogen and oxygen atoms in total. The topological polar surface area (TPSA) is 92.0 Å². The second-order valence-corrected chi connectivity index (χ2v) is 4.82. The van der Waals surface area contributed by atoms with Crippen LogP contribution in [0.5, 0.6) is 23.0 Å². The highest BCUT2D eigenvalue weighted by Crippen LogP contribution is 2.38. The zero-order valence-electron chi connectivity index (χ0n) is 14.0. The van der Waals surface area contributed by atoms with Crippen LogP contribution < -0.4 is 30.0 Å². The number of carbonyl (C=O) groups is 1. The molecular formula is C17H20N2O5. The monoisotopic (exact) mass is 332 g/mol. The number of carbonyl (C=O) groups excluding carboxylic acids is 1. The Morgan fingerprint density at radius 2 is 1.46 bits per heavy atom. The van der Waals surface area contributed by atoms with Gasteiger partial charge in [-0.05, 0) is 30.3 Å². The van der Waals surface area contributed by atoms with Crippen LogP contribution in [-0.4, -0.2) is 34.3 Å². The molecule has 0 unspecified atom stereocenters. The van der Waals surface area contributed by atoms with Crippen LogP contribution in [-0.2, 0) is 0 Å². The fraction of sp³-hybridized carbons (Fsp3) is 0.235. The van der Waals surface area contributed by atoms with Crippen molar-refractivity contribution in [2.75, 3.05) is 39.5 Å². The van der Waals surface area contributed by atoms with Gasteiger partial charge in [0.1, 0.15) is 5.75 Å². The molecular weight excluding hydrogens is 312 g/mol. The molecule has 7 heteroatoms. The molecule has 24 heavy (non-hydrogen) atoms. The molecule has 128 valence electrons. The Morgan fingerprint density at radius 3 is 1.92 bits per heavy atom.